The number of hydrogen-bond acceptors (Lipinski definition) is 8. The van der Waals surface area contributed by atoms with Crippen molar-refractivity contribution >= 4 is 45.6 Å². The minimum atomic E-state index is -0.595. The first-order valence-electron chi connectivity index (χ1n) is 15.8. The van der Waals surface area contributed by atoms with E-state index in [-0.39, 0.29) is 17.0 Å². The highest BCUT2D eigenvalue weighted by Gasteiger charge is 2.25. The van der Waals surface area contributed by atoms with E-state index in [9.17, 15) is 14.0 Å². The van der Waals surface area contributed by atoms with E-state index in [0.717, 1.165) is 5.69 Å². The van der Waals surface area contributed by atoms with Crippen molar-refractivity contribution in [3.63, 3.8) is 0 Å². The highest BCUT2D eigenvalue weighted by atomic mass is 35.5. The number of anilines is 3. The lowest BCUT2D eigenvalue weighted by atomic mass is 10.0. The Hall–Kier alpha value is -5.88. The number of aromatic nitrogens is 4. The molecule has 1 fully saturated rings. The molecule has 1 saturated heterocycles. The molecule has 0 aliphatic carbocycles. The van der Waals surface area contributed by atoms with Crippen LogP contribution in [0.15, 0.2) is 96.1 Å². The highest BCUT2D eigenvalue weighted by molar-refractivity contribution is 6.33. The lowest BCUT2D eigenvalue weighted by molar-refractivity contribution is 0.0742. The molecule has 0 atom stereocenters. The molecule has 10 nitrogen and oxygen atoms in total. The van der Waals surface area contributed by atoms with Gasteiger partial charge in [-0.2, -0.15) is 5.10 Å². The third kappa shape index (κ3) is 6.70. The van der Waals surface area contributed by atoms with Crippen molar-refractivity contribution in [2.45, 2.75) is 6.42 Å². The van der Waals surface area contributed by atoms with Gasteiger partial charge in [0.1, 0.15) is 29.0 Å². The minimum Gasteiger partial charge on any atom is -0.496 e. The normalized spacial score (nSPS) is 13.0. The number of carbonyl (C=O) groups excluding carboxylic acids is 1. The largest absolute Gasteiger partial charge is 0.496 e. The van der Waals surface area contributed by atoms with Gasteiger partial charge in [-0.25, -0.2) is 23.8 Å². The third-order valence-corrected chi connectivity index (χ3v) is 8.95. The quantitative estimate of drug-likeness (QED) is 0.183. The van der Waals surface area contributed by atoms with Crippen molar-refractivity contribution in [2.24, 2.45) is 0 Å². The van der Waals surface area contributed by atoms with E-state index in [1.54, 1.807) is 47.5 Å². The number of hydrogen-bond donors (Lipinski definition) is 2. The van der Waals surface area contributed by atoms with Crippen molar-refractivity contribution < 1.29 is 18.3 Å². The summed E-state index contributed by atoms with van der Waals surface area (Å²) < 4.78 is 34.2. The Kier molecular flexibility index (Phi) is 9.09. The molecule has 1 aliphatic heterocycles. The van der Waals surface area contributed by atoms with E-state index in [2.05, 4.69) is 30.4 Å². The van der Waals surface area contributed by atoms with Gasteiger partial charge in [0, 0.05) is 79.3 Å². The summed E-state index contributed by atoms with van der Waals surface area (Å²) >= 11 is 6.45. The number of amides is 1. The van der Waals surface area contributed by atoms with Gasteiger partial charge in [-0.3, -0.25) is 9.59 Å². The number of halogens is 3. The molecule has 252 valence electrons. The van der Waals surface area contributed by atoms with Crippen molar-refractivity contribution in [1.29, 1.82) is 0 Å². The summed E-state index contributed by atoms with van der Waals surface area (Å²) in [6.45, 7) is 1.83. The first-order valence-corrected chi connectivity index (χ1v) is 16.2. The number of aromatic amines is 1. The van der Waals surface area contributed by atoms with Crippen LogP contribution in [0.25, 0.3) is 21.9 Å². The molecule has 1 aliphatic rings. The summed E-state index contributed by atoms with van der Waals surface area (Å²) in [7, 11) is 1.46. The zero-order chi connectivity index (χ0) is 34.8. The fourth-order valence-electron chi connectivity index (χ4n) is 6.10. The maximum atomic E-state index is 15.0. The minimum absolute atomic E-state index is 0.00633. The molecule has 3 aromatic carbocycles. The maximum Gasteiger partial charge on any atom is 0.272 e. The van der Waals surface area contributed by atoms with Gasteiger partial charge >= 0.3 is 0 Å². The molecule has 1 amide bonds. The predicted octanol–water partition coefficient (Wildman–Crippen LogP) is 6.62. The van der Waals surface area contributed by atoms with Crippen molar-refractivity contribution in [3.8, 4) is 16.9 Å². The Morgan fingerprint density at radius 1 is 0.920 bits per heavy atom. The van der Waals surface area contributed by atoms with Gasteiger partial charge in [0.05, 0.1) is 28.8 Å². The monoisotopic (exact) mass is 693 g/mol. The van der Waals surface area contributed by atoms with Gasteiger partial charge in [0.2, 0.25) is 0 Å². The molecule has 4 heterocycles. The van der Waals surface area contributed by atoms with Gasteiger partial charge in [-0.05, 0) is 48.0 Å². The van der Waals surface area contributed by atoms with Gasteiger partial charge in [0.25, 0.3) is 11.5 Å². The van der Waals surface area contributed by atoms with Crippen LogP contribution in [0.2, 0.25) is 5.02 Å². The number of methoxy groups -OCH3 is 1. The summed E-state index contributed by atoms with van der Waals surface area (Å²) in [5.74, 6) is -0.0484. The van der Waals surface area contributed by atoms with Gasteiger partial charge in [-0.1, -0.05) is 35.9 Å². The van der Waals surface area contributed by atoms with Crippen molar-refractivity contribution in [3.05, 3.63) is 135 Å². The molecule has 50 heavy (non-hydrogen) atoms. The molecule has 0 bridgehead atoms. The lowest BCUT2D eigenvalue weighted by Gasteiger charge is -2.36. The first kappa shape index (κ1) is 32.7. The molecular weight excluding hydrogens is 664 g/mol. The van der Waals surface area contributed by atoms with E-state index < -0.39 is 11.6 Å². The number of nitrogens with zero attached hydrogens (tertiary/aromatic N) is 5. The van der Waals surface area contributed by atoms with Crippen LogP contribution in [0.5, 0.6) is 5.75 Å². The fraction of sp³-hybridized carbons (Fsp3) is 0.162. The summed E-state index contributed by atoms with van der Waals surface area (Å²) in [6.07, 6.45) is 3.50. The topological polar surface area (TPSA) is 116 Å². The van der Waals surface area contributed by atoms with E-state index in [1.165, 1.54) is 31.5 Å². The summed E-state index contributed by atoms with van der Waals surface area (Å²) in [4.78, 5) is 38.3. The second kappa shape index (κ2) is 13.9. The molecule has 0 unspecified atom stereocenters. The molecule has 7 rings (SSSR count). The number of rotatable bonds is 8. The SMILES string of the molecule is COc1cc(F)ccc1-c1cc(Nc2cc(N3CCN(C(=O)c4cc(Cc5n[nH]c(=O)c6ccccc56)ccc4F)CC3)ccn2)ncc1Cl. The number of benzene rings is 3. The number of pyridine rings is 2. The van der Waals surface area contributed by atoms with Gasteiger partial charge in [-0.15, -0.1) is 0 Å². The number of H-pyrrole nitrogens is 1. The molecular formula is C37H30ClF2N7O3. The highest BCUT2D eigenvalue weighted by Crippen LogP contribution is 2.36. The zero-order valence-electron chi connectivity index (χ0n) is 26.8. The zero-order valence-corrected chi connectivity index (χ0v) is 27.5. The Balaban J connectivity index is 1.02. The summed E-state index contributed by atoms with van der Waals surface area (Å²) in [5, 5.41) is 11.6. The fourth-order valence-corrected chi connectivity index (χ4v) is 6.31. The molecule has 0 saturated carbocycles. The second-order valence-corrected chi connectivity index (χ2v) is 12.1. The molecule has 2 N–H and O–H groups in total. The number of ether oxygens (including phenoxy) is 1. The van der Waals surface area contributed by atoms with E-state index in [0.29, 0.717) is 88.2 Å². The predicted molar refractivity (Wildman–Crippen MR) is 188 cm³/mol. The number of nitrogens with one attached hydrogen (secondary N) is 2. The number of piperazine rings is 1. The Morgan fingerprint density at radius 2 is 1.70 bits per heavy atom. The van der Waals surface area contributed by atoms with Crippen molar-refractivity contribution in [1.82, 2.24) is 25.1 Å². The summed E-state index contributed by atoms with van der Waals surface area (Å²) in [5.41, 5.74) is 3.16. The Morgan fingerprint density at radius 3 is 2.50 bits per heavy atom. The first-order chi connectivity index (χ1) is 24.3. The second-order valence-electron chi connectivity index (χ2n) is 11.7. The van der Waals surface area contributed by atoms with E-state index >= 15 is 4.39 Å². The van der Waals surface area contributed by atoms with Crippen LogP contribution >= 0.6 is 11.6 Å². The Labute approximate surface area is 290 Å². The van der Waals surface area contributed by atoms with Gasteiger partial charge in [0.15, 0.2) is 0 Å². The average Bonchev–Trinajstić information content (AvgIpc) is 3.14. The molecule has 3 aromatic heterocycles. The van der Waals surface area contributed by atoms with Crippen LogP contribution in [0.4, 0.5) is 26.1 Å². The van der Waals surface area contributed by atoms with Crippen LogP contribution in [0.3, 0.4) is 0 Å². The third-order valence-electron chi connectivity index (χ3n) is 8.65. The smallest absolute Gasteiger partial charge is 0.272 e. The van der Waals surface area contributed by atoms with E-state index in [1.807, 2.05) is 24.3 Å². The van der Waals surface area contributed by atoms with Crippen LogP contribution in [0.1, 0.15) is 21.6 Å². The summed E-state index contributed by atoms with van der Waals surface area (Å²) in [6, 6.07) is 21.4. The number of fused-ring (bicyclic) bond motifs is 1. The lowest BCUT2D eigenvalue weighted by Crippen LogP contribution is -2.49. The van der Waals surface area contributed by atoms with Crippen LogP contribution < -0.4 is 20.5 Å². The van der Waals surface area contributed by atoms with Gasteiger partial charge < -0.3 is 19.9 Å². The van der Waals surface area contributed by atoms with Crippen LogP contribution in [-0.2, 0) is 6.42 Å². The Bertz CT molecular complexity index is 2290. The van der Waals surface area contributed by atoms with Crippen LogP contribution in [0, 0.1) is 11.6 Å². The molecule has 0 radical (unpaired) electrons. The maximum absolute atomic E-state index is 15.0. The number of carbonyl (C=O) groups is 1. The molecule has 6 aromatic rings. The average molecular weight is 694 g/mol. The molecule has 0 spiro atoms. The molecule has 13 heteroatoms. The van der Waals surface area contributed by atoms with E-state index in [4.69, 9.17) is 16.3 Å². The standard InChI is InChI=1S/C37H30ClF2N7O3/c1-50-33-18-23(39)7-8-26(33)28-20-35(42-21-30(28)38)43-34-19-24(10-11-41-34)46-12-14-47(15-13-46)37(49)29-16-22(6-9-31(29)40)17-32-25-4-2-3-5-27(25)36(48)45-44-32/h2-11,16,18-21H,12-15,17H2,1H3,(H,45,48)(H,41,42,43). The van der Waals surface area contributed by atoms with Crippen molar-refractivity contribution in [2.75, 3.05) is 43.5 Å². The van der Waals surface area contributed by atoms with Crippen LogP contribution in [-0.4, -0.2) is 64.3 Å².